The summed E-state index contributed by atoms with van der Waals surface area (Å²) in [4.78, 5) is 4.24. The molecule has 0 heterocycles. The summed E-state index contributed by atoms with van der Waals surface area (Å²) >= 11 is 0. The van der Waals surface area contributed by atoms with E-state index in [1.165, 1.54) is 6.07 Å². The van der Waals surface area contributed by atoms with Crippen LogP contribution in [0.25, 0.3) is 0 Å². The molecule has 0 bridgehead atoms. The van der Waals surface area contributed by atoms with Crippen LogP contribution >= 0.6 is 24.0 Å². The van der Waals surface area contributed by atoms with Gasteiger partial charge in [0.1, 0.15) is 5.82 Å². The second-order valence-corrected chi connectivity index (χ2v) is 6.59. The third-order valence-electron chi connectivity index (χ3n) is 3.60. The first-order valence-electron chi connectivity index (χ1n) is 7.10. The minimum atomic E-state index is -0.161. The summed E-state index contributed by atoms with van der Waals surface area (Å²) < 4.78 is 13.4. The lowest BCUT2D eigenvalue weighted by Crippen LogP contribution is -2.49. The van der Waals surface area contributed by atoms with Gasteiger partial charge in [-0.15, -0.1) is 24.0 Å². The van der Waals surface area contributed by atoms with Gasteiger partial charge in [-0.25, -0.2) is 4.39 Å². The minimum absolute atomic E-state index is 0. The summed E-state index contributed by atoms with van der Waals surface area (Å²) in [6.45, 7) is 7.07. The first-order valence-corrected chi connectivity index (χ1v) is 7.10. The third-order valence-corrected chi connectivity index (χ3v) is 3.60. The van der Waals surface area contributed by atoms with Crippen molar-refractivity contribution in [2.45, 2.75) is 44.6 Å². The minimum Gasteiger partial charge on any atom is -0.356 e. The van der Waals surface area contributed by atoms with Crippen molar-refractivity contribution >= 4 is 29.9 Å². The Bertz CT molecular complexity index is 504. The maximum absolute atomic E-state index is 13.4. The van der Waals surface area contributed by atoms with Crippen molar-refractivity contribution in [1.82, 2.24) is 10.6 Å². The molecule has 118 valence electrons. The summed E-state index contributed by atoms with van der Waals surface area (Å²) in [5.74, 6) is 0.631. The van der Waals surface area contributed by atoms with Crippen LogP contribution in [0.15, 0.2) is 29.3 Å². The number of benzene rings is 1. The topological polar surface area (TPSA) is 36.4 Å². The van der Waals surface area contributed by atoms with E-state index in [0.29, 0.717) is 0 Å². The van der Waals surface area contributed by atoms with Gasteiger partial charge in [-0.1, -0.05) is 12.1 Å². The lowest BCUT2D eigenvalue weighted by atomic mass is 9.96. The average molecular weight is 405 g/mol. The highest BCUT2D eigenvalue weighted by Gasteiger charge is 2.44. The van der Waals surface area contributed by atoms with Crippen molar-refractivity contribution in [3.05, 3.63) is 35.6 Å². The first kappa shape index (κ1) is 18.2. The molecule has 2 rings (SSSR count). The van der Waals surface area contributed by atoms with E-state index in [4.69, 9.17) is 0 Å². The number of nitrogens with one attached hydrogen (secondary N) is 2. The molecule has 2 N–H and O–H groups in total. The van der Waals surface area contributed by atoms with Crippen molar-refractivity contribution in [1.29, 1.82) is 0 Å². The fourth-order valence-corrected chi connectivity index (χ4v) is 2.32. The summed E-state index contributed by atoms with van der Waals surface area (Å²) in [5, 5.41) is 6.70. The average Bonchev–Trinajstić information content (AvgIpc) is 3.14. The van der Waals surface area contributed by atoms with Crippen LogP contribution in [-0.2, 0) is 5.41 Å². The highest BCUT2D eigenvalue weighted by molar-refractivity contribution is 14.0. The van der Waals surface area contributed by atoms with Gasteiger partial charge in [0.25, 0.3) is 0 Å². The lowest BCUT2D eigenvalue weighted by molar-refractivity contribution is 0.497. The molecule has 1 aromatic carbocycles. The molecule has 5 heteroatoms. The summed E-state index contributed by atoms with van der Waals surface area (Å²) in [6.07, 6.45) is 2.19. The van der Waals surface area contributed by atoms with Crippen molar-refractivity contribution in [3.63, 3.8) is 0 Å². The van der Waals surface area contributed by atoms with Crippen LogP contribution in [0.3, 0.4) is 0 Å². The van der Waals surface area contributed by atoms with Crippen LogP contribution in [0.1, 0.15) is 39.2 Å². The van der Waals surface area contributed by atoms with Gasteiger partial charge in [0, 0.05) is 24.5 Å². The predicted molar refractivity (Wildman–Crippen MR) is 97.0 cm³/mol. The SMILES string of the molecule is CN=C(NCC1(c2cccc(F)c2)CC1)NC(C)(C)C.I. The summed E-state index contributed by atoms with van der Waals surface area (Å²) in [7, 11) is 1.77. The van der Waals surface area contributed by atoms with Crippen LogP contribution in [0, 0.1) is 5.82 Å². The molecule has 0 spiro atoms. The van der Waals surface area contributed by atoms with E-state index >= 15 is 0 Å². The Morgan fingerprint density at radius 3 is 2.48 bits per heavy atom. The molecular weight excluding hydrogens is 380 g/mol. The fourth-order valence-electron chi connectivity index (χ4n) is 2.32. The number of hydrogen-bond acceptors (Lipinski definition) is 1. The van der Waals surface area contributed by atoms with Gasteiger partial charge in [0.05, 0.1) is 0 Å². The number of guanidine groups is 1. The van der Waals surface area contributed by atoms with Crippen LogP contribution in [0.4, 0.5) is 4.39 Å². The van der Waals surface area contributed by atoms with Gasteiger partial charge in [-0.05, 0) is 51.3 Å². The van der Waals surface area contributed by atoms with Crippen molar-refractivity contribution in [2.75, 3.05) is 13.6 Å². The molecule has 1 fully saturated rings. The fraction of sp³-hybridized carbons (Fsp3) is 0.562. The van der Waals surface area contributed by atoms with Crippen LogP contribution in [0.2, 0.25) is 0 Å². The number of halogens is 2. The van der Waals surface area contributed by atoms with Crippen LogP contribution in [-0.4, -0.2) is 25.1 Å². The maximum atomic E-state index is 13.4. The lowest BCUT2D eigenvalue weighted by Gasteiger charge is -2.25. The highest BCUT2D eigenvalue weighted by Crippen LogP contribution is 2.47. The van der Waals surface area contributed by atoms with E-state index < -0.39 is 0 Å². The molecule has 0 radical (unpaired) electrons. The molecule has 1 saturated carbocycles. The molecule has 1 aromatic rings. The van der Waals surface area contributed by atoms with E-state index in [0.717, 1.165) is 30.9 Å². The molecule has 0 saturated heterocycles. The molecule has 3 nitrogen and oxygen atoms in total. The van der Waals surface area contributed by atoms with Crippen molar-refractivity contribution in [3.8, 4) is 0 Å². The van der Waals surface area contributed by atoms with Gasteiger partial charge in [-0.2, -0.15) is 0 Å². The zero-order valence-corrected chi connectivity index (χ0v) is 15.5. The van der Waals surface area contributed by atoms with Crippen LogP contribution < -0.4 is 10.6 Å². The monoisotopic (exact) mass is 405 g/mol. The molecule has 21 heavy (non-hydrogen) atoms. The Balaban J connectivity index is 0.00000220. The molecule has 0 amide bonds. The molecule has 0 aromatic heterocycles. The maximum Gasteiger partial charge on any atom is 0.191 e. The second-order valence-electron chi connectivity index (χ2n) is 6.59. The van der Waals surface area contributed by atoms with Gasteiger partial charge in [0.15, 0.2) is 5.96 Å². The van der Waals surface area contributed by atoms with E-state index in [9.17, 15) is 4.39 Å². The number of aliphatic imine (C=N–C) groups is 1. The van der Waals surface area contributed by atoms with E-state index in [1.807, 2.05) is 6.07 Å². The Labute approximate surface area is 143 Å². The first-order chi connectivity index (χ1) is 9.35. The summed E-state index contributed by atoms with van der Waals surface area (Å²) in [5.41, 5.74) is 1.12. The third kappa shape index (κ3) is 5.13. The van der Waals surface area contributed by atoms with Crippen LogP contribution in [0.5, 0.6) is 0 Å². The smallest absolute Gasteiger partial charge is 0.191 e. The second kappa shape index (κ2) is 6.94. The van der Waals surface area contributed by atoms with Crippen molar-refractivity contribution in [2.24, 2.45) is 4.99 Å². The summed E-state index contributed by atoms with van der Waals surface area (Å²) in [6, 6.07) is 6.94. The zero-order valence-electron chi connectivity index (χ0n) is 13.2. The Morgan fingerprint density at radius 1 is 1.33 bits per heavy atom. The Hall–Kier alpha value is -0.850. The highest BCUT2D eigenvalue weighted by atomic mass is 127. The van der Waals surface area contributed by atoms with Gasteiger partial charge in [-0.3, -0.25) is 4.99 Å². The largest absolute Gasteiger partial charge is 0.356 e. The Morgan fingerprint density at radius 2 is 2.00 bits per heavy atom. The van der Waals surface area contributed by atoms with E-state index in [1.54, 1.807) is 19.2 Å². The molecule has 1 aliphatic carbocycles. The van der Waals surface area contributed by atoms with E-state index in [2.05, 4.69) is 36.4 Å². The number of rotatable bonds is 3. The molecule has 0 aliphatic heterocycles. The molecular formula is C16H25FIN3. The number of nitrogens with zero attached hydrogens (tertiary/aromatic N) is 1. The molecule has 1 aliphatic rings. The predicted octanol–water partition coefficient (Wildman–Crippen LogP) is 3.44. The zero-order chi connectivity index (χ0) is 14.8. The van der Waals surface area contributed by atoms with Gasteiger partial charge < -0.3 is 10.6 Å². The molecule has 0 unspecified atom stereocenters. The Kier molecular flexibility index (Phi) is 6.01. The van der Waals surface area contributed by atoms with Gasteiger partial charge >= 0.3 is 0 Å². The van der Waals surface area contributed by atoms with Gasteiger partial charge in [0.2, 0.25) is 0 Å². The molecule has 0 atom stereocenters. The van der Waals surface area contributed by atoms with E-state index in [-0.39, 0.29) is 40.7 Å². The standard InChI is InChI=1S/C16H24FN3.HI/c1-15(2,3)20-14(18-4)19-11-16(8-9-16)12-6-5-7-13(17)10-12;/h5-7,10H,8-9,11H2,1-4H3,(H2,18,19,20);1H. The quantitative estimate of drug-likeness (QED) is 0.459. The number of hydrogen-bond donors (Lipinski definition) is 2. The van der Waals surface area contributed by atoms with Crippen molar-refractivity contribution < 1.29 is 4.39 Å². The normalized spacial score (nSPS) is 16.9.